The Hall–Kier alpha value is -1.73. The first kappa shape index (κ1) is 16.3. The highest BCUT2D eigenvalue weighted by Crippen LogP contribution is 2.28. The van der Waals surface area contributed by atoms with Gasteiger partial charge in [0.2, 0.25) is 0 Å². The lowest BCUT2D eigenvalue weighted by Crippen LogP contribution is -2.38. The van der Waals surface area contributed by atoms with E-state index >= 15 is 0 Å². The minimum atomic E-state index is -1.18. The van der Waals surface area contributed by atoms with Crippen molar-refractivity contribution in [2.45, 2.75) is 23.9 Å². The Labute approximate surface area is 121 Å². The molecular weight excluding hydrogens is 282 g/mol. The van der Waals surface area contributed by atoms with Gasteiger partial charge >= 0.3 is 11.9 Å². The number of carboxylic acids is 2. The second-order valence-electron chi connectivity index (χ2n) is 4.06. The van der Waals surface area contributed by atoms with Crippen LogP contribution in [0, 0.1) is 0 Å². The third-order valence-corrected chi connectivity index (χ3v) is 3.45. The number of thioether (sulfide) groups is 1. The van der Waals surface area contributed by atoms with E-state index in [1.54, 1.807) is 24.9 Å². The van der Waals surface area contributed by atoms with Gasteiger partial charge in [0.15, 0.2) is 0 Å². The van der Waals surface area contributed by atoms with Gasteiger partial charge < -0.3 is 14.9 Å². The first-order valence-electron chi connectivity index (χ1n) is 5.86. The fourth-order valence-electron chi connectivity index (χ4n) is 1.65. The average molecular weight is 299 g/mol. The molecule has 0 fully saturated rings. The van der Waals surface area contributed by atoms with Crippen LogP contribution in [-0.4, -0.2) is 41.6 Å². The number of carbonyl (C=O) groups is 2. The van der Waals surface area contributed by atoms with Crippen molar-refractivity contribution in [1.82, 2.24) is 5.32 Å². The molecule has 6 nitrogen and oxygen atoms in total. The van der Waals surface area contributed by atoms with Gasteiger partial charge in [0.25, 0.3) is 0 Å². The van der Waals surface area contributed by atoms with Crippen molar-refractivity contribution in [3.8, 4) is 5.75 Å². The molecule has 0 bridgehead atoms. The molecule has 0 aliphatic carbocycles. The van der Waals surface area contributed by atoms with Crippen molar-refractivity contribution in [1.29, 1.82) is 0 Å². The predicted molar refractivity (Wildman–Crippen MR) is 75.3 cm³/mol. The number of rotatable bonds is 8. The molecule has 20 heavy (non-hydrogen) atoms. The monoisotopic (exact) mass is 299 g/mol. The van der Waals surface area contributed by atoms with Crippen LogP contribution < -0.4 is 10.1 Å². The zero-order valence-corrected chi connectivity index (χ0v) is 12.1. The van der Waals surface area contributed by atoms with Gasteiger partial charge in [-0.05, 0) is 24.0 Å². The quantitative estimate of drug-likeness (QED) is 0.625. The van der Waals surface area contributed by atoms with Gasteiger partial charge in [-0.1, -0.05) is 6.07 Å². The second kappa shape index (κ2) is 7.76. The summed E-state index contributed by atoms with van der Waals surface area (Å²) in [6.45, 7) is 0.259. The van der Waals surface area contributed by atoms with E-state index < -0.39 is 24.4 Å². The maximum absolute atomic E-state index is 10.9. The van der Waals surface area contributed by atoms with Crippen molar-refractivity contribution < 1.29 is 24.5 Å². The molecule has 0 spiro atoms. The van der Waals surface area contributed by atoms with Gasteiger partial charge in [0, 0.05) is 11.4 Å². The van der Waals surface area contributed by atoms with Crippen LogP contribution in [0.2, 0.25) is 0 Å². The highest BCUT2D eigenvalue weighted by Gasteiger charge is 2.20. The molecule has 0 aliphatic rings. The van der Waals surface area contributed by atoms with Gasteiger partial charge in [-0.3, -0.25) is 14.9 Å². The Morgan fingerprint density at radius 2 is 2.10 bits per heavy atom. The van der Waals surface area contributed by atoms with Crippen molar-refractivity contribution in [3.63, 3.8) is 0 Å². The van der Waals surface area contributed by atoms with Crippen LogP contribution in [0.15, 0.2) is 23.1 Å². The highest BCUT2D eigenvalue weighted by molar-refractivity contribution is 7.98. The Balaban J connectivity index is 2.72. The van der Waals surface area contributed by atoms with Crippen molar-refractivity contribution in [2.75, 3.05) is 13.4 Å². The summed E-state index contributed by atoms with van der Waals surface area (Å²) in [5, 5.41) is 20.3. The summed E-state index contributed by atoms with van der Waals surface area (Å²) in [6.07, 6.45) is 1.47. The number of nitrogens with one attached hydrogen (secondary N) is 1. The van der Waals surface area contributed by atoms with Crippen LogP contribution in [-0.2, 0) is 16.1 Å². The molecule has 0 saturated carbocycles. The molecule has 0 aromatic heterocycles. The van der Waals surface area contributed by atoms with Crippen LogP contribution in [0.25, 0.3) is 0 Å². The van der Waals surface area contributed by atoms with Crippen LogP contribution in [0.3, 0.4) is 0 Å². The van der Waals surface area contributed by atoms with Crippen LogP contribution in [0.1, 0.15) is 12.0 Å². The topological polar surface area (TPSA) is 95.9 Å². The summed E-state index contributed by atoms with van der Waals surface area (Å²) in [6, 6.07) is 4.42. The summed E-state index contributed by atoms with van der Waals surface area (Å²) < 4.78 is 5.24. The number of hydrogen-bond acceptors (Lipinski definition) is 5. The first-order chi connectivity index (χ1) is 9.47. The minimum absolute atomic E-state index is 0.259. The van der Waals surface area contributed by atoms with Crippen molar-refractivity contribution in [2.24, 2.45) is 0 Å². The van der Waals surface area contributed by atoms with Gasteiger partial charge in [-0.15, -0.1) is 11.8 Å². The summed E-state index contributed by atoms with van der Waals surface area (Å²) >= 11 is 1.55. The third kappa shape index (κ3) is 4.75. The summed E-state index contributed by atoms with van der Waals surface area (Å²) in [5.74, 6) is -1.62. The van der Waals surface area contributed by atoms with Crippen LogP contribution in [0.5, 0.6) is 5.75 Å². The molecule has 0 heterocycles. The number of carboxylic acid groups (broad SMARTS) is 2. The smallest absolute Gasteiger partial charge is 0.321 e. The minimum Gasteiger partial charge on any atom is -0.496 e. The molecule has 1 atom stereocenters. The number of aliphatic carboxylic acids is 2. The SMILES string of the molecule is COc1cc(CNC(CC(=O)O)C(=O)O)ccc1SC. The largest absolute Gasteiger partial charge is 0.496 e. The van der Waals surface area contributed by atoms with E-state index in [0.717, 1.165) is 10.5 Å². The van der Waals surface area contributed by atoms with E-state index in [0.29, 0.717) is 5.75 Å². The number of hydrogen-bond donors (Lipinski definition) is 3. The maximum Gasteiger partial charge on any atom is 0.321 e. The van der Waals surface area contributed by atoms with Crippen LogP contribution in [0.4, 0.5) is 0 Å². The van der Waals surface area contributed by atoms with Gasteiger partial charge in [-0.2, -0.15) is 0 Å². The molecule has 3 N–H and O–H groups in total. The Morgan fingerprint density at radius 1 is 1.40 bits per heavy atom. The second-order valence-corrected chi connectivity index (χ2v) is 4.91. The Bertz CT molecular complexity index is 492. The lowest BCUT2D eigenvalue weighted by molar-refractivity contribution is -0.146. The van der Waals surface area contributed by atoms with E-state index in [1.807, 2.05) is 18.4 Å². The number of ether oxygens (including phenoxy) is 1. The highest BCUT2D eigenvalue weighted by atomic mass is 32.2. The summed E-state index contributed by atoms with van der Waals surface area (Å²) in [5.41, 5.74) is 0.830. The normalized spacial score (nSPS) is 11.9. The Kier molecular flexibility index (Phi) is 6.33. The molecule has 1 unspecified atom stereocenters. The average Bonchev–Trinajstić information content (AvgIpc) is 2.42. The molecule has 110 valence electrons. The predicted octanol–water partition coefficient (Wildman–Crippen LogP) is 1.43. The molecule has 0 aliphatic heterocycles. The summed E-state index contributed by atoms with van der Waals surface area (Å²) in [7, 11) is 1.57. The third-order valence-electron chi connectivity index (χ3n) is 2.68. The fourth-order valence-corrected chi connectivity index (χ4v) is 2.20. The molecule has 0 amide bonds. The maximum atomic E-state index is 10.9. The lowest BCUT2D eigenvalue weighted by atomic mass is 10.1. The van der Waals surface area contributed by atoms with E-state index in [1.165, 1.54) is 0 Å². The Morgan fingerprint density at radius 3 is 2.60 bits per heavy atom. The van der Waals surface area contributed by atoms with E-state index in [9.17, 15) is 9.59 Å². The zero-order chi connectivity index (χ0) is 15.1. The molecule has 1 rings (SSSR count). The molecule has 0 radical (unpaired) electrons. The van der Waals surface area contributed by atoms with Gasteiger partial charge in [0.05, 0.1) is 13.5 Å². The van der Waals surface area contributed by atoms with E-state index in [-0.39, 0.29) is 6.54 Å². The van der Waals surface area contributed by atoms with E-state index in [4.69, 9.17) is 14.9 Å². The zero-order valence-electron chi connectivity index (χ0n) is 11.3. The molecule has 1 aromatic rings. The number of benzene rings is 1. The molecular formula is C13H17NO5S. The fraction of sp³-hybridized carbons (Fsp3) is 0.385. The molecule has 7 heteroatoms. The standard InChI is InChI=1S/C13H17NO5S/c1-19-10-5-8(3-4-11(10)20-2)7-14-9(13(17)18)6-12(15)16/h3-5,9,14H,6-7H2,1-2H3,(H,15,16)(H,17,18). The summed E-state index contributed by atoms with van der Waals surface area (Å²) in [4.78, 5) is 22.5. The van der Waals surface area contributed by atoms with E-state index in [2.05, 4.69) is 5.32 Å². The van der Waals surface area contributed by atoms with Gasteiger partial charge in [0.1, 0.15) is 11.8 Å². The van der Waals surface area contributed by atoms with Crippen LogP contribution >= 0.6 is 11.8 Å². The number of methoxy groups -OCH3 is 1. The lowest BCUT2D eigenvalue weighted by Gasteiger charge is -2.13. The molecule has 1 aromatic carbocycles. The van der Waals surface area contributed by atoms with Gasteiger partial charge in [-0.25, -0.2) is 0 Å². The first-order valence-corrected chi connectivity index (χ1v) is 7.09. The van der Waals surface area contributed by atoms with Crippen molar-refractivity contribution in [3.05, 3.63) is 23.8 Å². The molecule has 0 saturated heterocycles. The van der Waals surface area contributed by atoms with Crippen molar-refractivity contribution >= 4 is 23.7 Å².